The fraction of sp³-hybridized carbons (Fsp3) is 0.800. The van der Waals surface area contributed by atoms with E-state index in [9.17, 15) is 9.59 Å². The van der Waals surface area contributed by atoms with Crippen LogP contribution < -0.4 is 0 Å². The van der Waals surface area contributed by atoms with Gasteiger partial charge in [-0.05, 0) is 34.5 Å². The van der Waals surface area contributed by atoms with Gasteiger partial charge in [-0.25, -0.2) is 0 Å². The summed E-state index contributed by atoms with van der Waals surface area (Å²) < 4.78 is 18.6. The summed E-state index contributed by atoms with van der Waals surface area (Å²) in [6.07, 6.45) is 5.97. The number of esters is 1. The molecule has 0 aliphatic carbocycles. The molecule has 0 bridgehead atoms. The van der Waals surface area contributed by atoms with E-state index in [-0.39, 0.29) is 25.1 Å². The van der Waals surface area contributed by atoms with E-state index in [1.165, 1.54) is 6.92 Å². The highest BCUT2D eigenvalue weighted by Gasteiger charge is 2.21. The van der Waals surface area contributed by atoms with E-state index in [1.54, 1.807) is 0 Å². The monoisotopic (exact) mass is 331 g/mol. The molecule has 7 heteroatoms. The minimum absolute atomic E-state index is 0.204. The van der Waals surface area contributed by atoms with Crippen molar-refractivity contribution in [2.45, 2.75) is 51.9 Å². The number of carbonyl (C=O) groups excluding carboxylic acids is 2. The van der Waals surface area contributed by atoms with Crippen molar-refractivity contribution in [1.29, 1.82) is 0 Å². The summed E-state index contributed by atoms with van der Waals surface area (Å²) in [4.78, 5) is 22.7. The first kappa shape index (κ1) is 19.2. The Labute approximate surface area is 133 Å². The molecule has 6 nitrogen and oxygen atoms in total. The molecule has 22 heavy (non-hydrogen) atoms. The van der Waals surface area contributed by atoms with Gasteiger partial charge in [0.25, 0.3) is 0 Å². The summed E-state index contributed by atoms with van der Waals surface area (Å²) in [5, 5.41) is 0. The average molecular weight is 331 g/mol. The Balaban J connectivity index is 2.49. The van der Waals surface area contributed by atoms with Gasteiger partial charge in [-0.15, -0.1) is 0 Å². The molecule has 0 aromatic heterocycles. The van der Waals surface area contributed by atoms with E-state index in [2.05, 4.69) is 6.30 Å². The third kappa shape index (κ3) is 7.99. The van der Waals surface area contributed by atoms with Gasteiger partial charge in [-0.3, -0.25) is 14.3 Å². The quantitative estimate of drug-likeness (QED) is 0.347. The molecule has 0 aromatic rings. The molecule has 1 rings (SSSR count). The Kier molecular flexibility index (Phi) is 9.48. The Hall–Kier alpha value is -0.810. The van der Waals surface area contributed by atoms with Crippen molar-refractivity contribution in [3.8, 4) is 0 Å². The van der Waals surface area contributed by atoms with E-state index in [1.807, 2.05) is 11.6 Å². The zero-order valence-corrected chi connectivity index (χ0v) is 14.3. The normalized spacial score (nSPS) is 20.0. The van der Waals surface area contributed by atoms with Gasteiger partial charge in [-0.1, -0.05) is 13.2 Å². The van der Waals surface area contributed by atoms with Gasteiger partial charge in [0.05, 0.1) is 6.61 Å². The van der Waals surface area contributed by atoms with Crippen LogP contribution in [0.5, 0.6) is 0 Å². The van der Waals surface area contributed by atoms with Gasteiger partial charge in [0.1, 0.15) is 18.3 Å². The van der Waals surface area contributed by atoms with Gasteiger partial charge >= 0.3 is 5.97 Å². The molecule has 0 saturated carbocycles. The van der Waals surface area contributed by atoms with E-state index in [0.29, 0.717) is 13.2 Å². The Morgan fingerprint density at radius 2 is 2.23 bits per heavy atom. The van der Waals surface area contributed by atoms with Crippen LogP contribution in [0.15, 0.2) is 0 Å². The number of carbonyl (C=O) groups is 2. The van der Waals surface area contributed by atoms with Gasteiger partial charge in [-0.2, -0.15) is 0 Å². The summed E-state index contributed by atoms with van der Waals surface area (Å²) in [5.41, 5.74) is 0. The van der Waals surface area contributed by atoms with Gasteiger partial charge < -0.3 is 14.2 Å². The molecule has 1 heterocycles. The second-order valence-corrected chi connectivity index (χ2v) is 6.12. The molecular formula is C15H26NO5P. The molecule has 1 aliphatic heterocycles. The number of likely N-dealkylation sites (N-methyl/N-ethyl adjacent to an activating group) is 1. The summed E-state index contributed by atoms with van der Waals surface area (Å²) in [6.45, 7) is 5.68. The van der Waals surface area contributed by atoms with Crippen molar-refractivity contribution in [1.82, 2.24) is 4.67 Å². The molecule has 2 unspecified atom stereocenters. The van der Waals surface area contributed by atoms with Crippen molar-refractivity contribution in [3.63, 3.8) is 0 Å². The van der Waals surface area contributed by atoms with Crippen LogP contribution in [0.2, 0.25) is 0 Å². The second-order valence-electron chi connectivity index (χ2n) is 5.27. The highest BCUT2D eigenvalue weighted by molar-refractivity contribution is 7.33. The Morgan fingerprint density at radius 1 is 1.45 bits per heavy atom. The van der Waals surface area contributed by atoms with Crippen LogP contribution in [0, 0.1) is 0 Å². The molecule has 0 amide bonds. The number of hydrogen-bond donors (Lipinski definition) is 0. The lowest BCUT2D eigenvalue weighted by molar-refractivity contribution is -0.185. The fourth-order valence-corrected chi connectivity index (χ4v) is 2.63. The van der Waals surface area contributed by atoms with Gasteiger partial charge in [0.2, 0.25) is 0 Å². The maximum absolute atomic E-state index is 11.7. The second kappa shape index (κ2) is 10.8. The molecule has 126 valence electrons. The molecule has 1 saturated heterocycles. The van der Waals surface area contributed by atoms with Crippen LogP contribution in [-0.4, -0.2) is 61.4 Å². The van der Waals surface area contributed by atoms with Crippen molar-refractivity contribution in [2.24, 2.45) is 0 Å². The summed E-state index contributed by atoms with van der Waals surface area (Å²) >= 11 is 0. The lowest BCUT2D eigenvalue weighted by atomic mass is 10.2. The molecule has 0 radical (unpaired) electrons. The minimum Gasteiger partial charge on any atom is -0.458 e. The largest absolute Gasteiger partial charge is 0.458 e. The number of nitrogens with zero attached hydrogens (tertiary/aromatic N) is 1. The molecule has 0 aromatic carbocycles. The maximum Gasteiger partial charge on any atom is 0.313 e. The summed E-state index contributed by atoms with van der Waals surface area (Å²) in [7, 11) is 0.861. The number of Topliss-reactive ketones (excluding diaryl/α,β-unsaturated/α-hetero) is 1. The molecule has 2 atom stereocenters. The van der Waals surface area contributed by atoms with E-state index < -0.39 is 12.1 Å². The summed E-state index contributed by atoms with van der Waals surface area (Å²) in [5.74, 6) is -0.717. The van der Waals surface area contributed by atoms with Crippen molar-refractivity contribution < 1.29 is 23.8 Å². The number of hydrogen-bond acceptors (Lipinski definition) is 6. The highest BCUT2D eigenvalue weighted by Crippen LogP contribution is 2.15. The van der Waals surface area contributed by atoms with E-state index in [0.717, 1.165) is 34.2 Å². The van der Waals surface area contributed by atoms with Crippen LogP contribution in [0.1, 0.15) is 39.5 Å². The molecule has 0 spiro atoms. The standard InChI is InChI=1S/C15H26NO5P/c1-4-16(22-3)10-13(21-14(18)9-12(2)17)11-20-15-7-5-6-8-19-15/h13,15H,3-11H2,1-2H3. The van der Waals surface area contributed by atoms with Crippen LogP contribution in [0.25, 0.3) is 0 Å². The van der Waals surface area contributed by atoms with Crippen LogP contribution >= 0.6 is 8.35 Å². The first-order valence-electron chi connectivity index (χ1n) is 7.68. The Morgan fingerprint density at radius 3 is 2.77 bits per heavy atom. The van der Waals surface area contributed by atoms with E-state index in [4.69, 9.17) is 14.2 Å². The van der Waals surface area contributed by atoms with Crippen LogP contribution in [0.3, 0.4) is 0 Å². The molecular weight excluding hydrogens is 305 g/mol. The number of ketones is 1. The maximum atomic E-state index is 11.7. The topological polar surface area (TPSA) is 65.1 Å². The lowest BCUT2D eigenvalue weighted by Crippen LogP contribution is -2.36. The molecule has 0 N–H and O–H groups in total. The van der Waals surface area contributed by atoms with Crippen molar-refractivity contribution in [2.75, 3.05) is 26.3 Å². The van der Waals surface area contributed by atoms with Crippen LogP contribution in [0.4, 0.5) is 0 Å². The third-order valence-electron chi connectivity index (χ3n) is 3.28. The van der Waals surface area contributed by atoms with Crippen molar-refractivity contribution >= 4 is 26.4 Å². The van der Waals surface area contributed by atoms with Crippen molar-refractivity contribution in [3.05, 3.63) is 0 Å². The molecule has 1 aliphatic rings. The first-order chi connectivity index (χ1) is 10.5. The first-order valence-corrected chi connectivity index (χ1v) is 8.72. The number of ether oxygens (including phenoxy) is 3. The zero-order chi connectivity index (χ0) is 16.4. The zero-order valence-electron chi connectivity index (χ0n) is 13.5. The highest BCUT2D eigenvalue weighted by atomic mass is 31.1. The van der Waals surface area contributed by atoms with Gasteiger partial charge in [0, 0.05) is 19.7 Å². The third-order valence-corrected chi connectivity index (χ3v) is 4.12. The summed E-state index contributed by atoms with van der Waals surface area (Å²) in [6, 6.07) is 0. The predicted molar refractivity (Wildman–Crippen MR) is 86.0 cm³/mol. The van der Waals surface area contributed by atoms with E-state index >= 15 is 0 Å². The minimum atomic E-state index is -0.512. The average Bonchev–Trinajstić information content (AvgIpc) is 2.50. The molecule has 1 fully saturated rings. The predicted octanol–water partition coefficient (Wildman–Crippen LogP) is 2.04. The smallest absolute Gasteiger partial charge is 0.313 e. The fourth-order valence-electron chi connectivity index (χ4n) is 2.13. The Bertz CT molecular complexity index is 371. The van der Waals surface area contributed by atoms with Crippen LogP contribution in [-0.2, 0) is 23.8 Å². The SMILES string of the molecule is C=PN(CC)CC(COC1CCCCO1)OC(=O)CC(C)=O. The lowest BCUT2D eigenvalue weighted by Gasteiger charge is -2.27. The van der Waals surface area contributed by atoms with Gasteiger partial charge in [0.15, 0.2) is 6.29 Å². The number of rotatable bonds is 10.